The van der Waals surface area contributed by atoms with E-state index in [9.17, 15) is 8.78 Å². The Hall–Kier alpha value is -2.06. The van der Waals surface area contributed by atoms with E-state index in [-0.39, 0.29) is 31.8 Å². The number of halogens is 2. The molecule has 4 nitrogen and oxygen atoms in total. The van der Waals surface area contributed by atoms with Crippen molar-refractivity contribution in [3.8, 4) is 21.7 Å². The molecule has 0 aliphatic carbocycles. The normalized spacial score (nSPS) is 12.1. The maximum atomic E-state index is 14.2. The quantitative estimate of drug-likeness (QED) is 0.158. The SMILES string of the molecule is CC(C)(C)c1c[c-]c(-c2nccc3sc(-c4ccc(F)cc4F)cc23)cc1.CC(C)[N-]C([N-]C(C)C)N(C(C)C)C(C)C.[Ir+3]. The summed E-state index contributed by atoms with van der Waals surface area (Å²) in [5, 5.41) is 10.4. The molecule has 2 aromatic heterocycles. The number of nitrogens with zero attached hydrogens (tertiary/aromatic N) is 4. The largest absolute Gasteiger partial charge is 3.00 e. The van der Waals surface area contributed by atoms with Crippen LogP contribution in [0, 0.1) is 17.7 Å². The standard InChI is InChI=1S/C23H18F2NS.C13H29N3.Ir/c1-23(2,3)15-6-4-14(5-7-15)22-18-13-21(27-20(18)10-11-26-22)17-9-8-16(24)12-19(17)25;1-9(2)14-13(15-10(3)4)16(11(5)6)12(7)8;/h4,6-13H,1-3H3;9-13H,1-8H3;/q-1;-2;+3. The van der Waals surface area contributed by atoms with Gasteiger partial charge < -0.3 is 20.5 Å². The summed E-state index contributed by atoms with van der Waals surface area (Å²) in [6.45, 7) is 23.8. The minimum atomic E-state index is -0.576. The number of hydrogen-bond donors (Lipinski definition) is 0. The van der Waals surface area contributed by atoms with Gasteiger partial charge >= 0.3 is 20.1 Å². The third-order valence-corrected chi connectivity index (χ3v) is 8.03. The average molecular weight is 798 g/mol. The fourth-order valence-corrected chi connectivity index (χ4v) is 5.98. The van der Waals surface area contributed by atoms with E-state index in [2.05, 4.69) is 98.2 Å². The second kappa shape index (κ2) is 16.5. The van der Waals surface area contributed by atoms with Gasteiger partial charge in [-0.25, -0.2) is 8.78 Å². The molecule has 2 aromatic carbocycles. The third kappa shape index (κ3) is 10.2. The second-order valence-corrected chi connectivity index (χ2v) is 14.1. The Morgan fingerprint density at radius 1 is 0.841 bits per heavy atom. The van der Waals surface area contributed by atoms with Crippen molar-refractivity contribution in [2.24, 2.45) is 0 Å². The van der Waals surface area contributed by atoms with Gasteiger partial charge in [-0.15, -0.1) is 58.8 Å². The first-order chi connectivity index (χ1) is 20.1. The molecule has 0 saturated carbocycles. The minimum absolute atomic E-state index is 0. The van der Waals surface area contributed by atoms with Gasteiger partial charge in [0.1, 0.15) is 11.6 Å². The smallest absolute Gasteiger partial charge is 0.663 e. The Morgan fingerprint density at radius 3 is 1.93 bits per heavy atom. The van der Waals surface area contributed by atoms with E-state index in [1.165, 1.54) is 29.0 Å². The number of rotatable bonds is 9. The first-order valence-corrected chi connectivity index (χ1v) is 15.9. The molecule has 2 heterocycles. The topological polar surface area (TPSA) is 44.3 Å². The summed E-state index contributed by atoms with van der Waals surface area (Å²) >= 11 is 1.47. The van der Waals surface area contributed by atoms with Crippen molar-refractivity contribution in [2.75, 3.05) is 0 Å². The van der Waals surface area contributed by atoms with Crippen LogP contribution in [-0.2, 0) is 25.5 Å². The van der Waals surface area contributed by atoms with Crippen LogP contribution in [0.4, 0.5) is 8.78 Å². The molecule has 0 N–H and O–H groups in total. The first kappa shape index (κ1) is 38.1. The summed E-state index contributed by atoms with van der Waals surface area (Å²) < 4.78 is 28.4. The van der Waals surface area contributed by atoms with Crippen molar-refractivity contribution >= 4 is 21.4 Å². The monoisotopic (exact) mass is 798 g/mol. The average Bonchev–Trinajstić information content (AvgIpc) is 3.31. The van der Waals surface area contributed by atoms with Gasteiger partial charge in [-0.1, -0.05) is 48.5 Å². The van der Waals surface area contributed by atoms with Crippen molar-refractivity contribution in [1.82, 2.24) is 9.88 Å². The number of aromatic nitrogens is 1. The summed E-state index contributed by atoms with van der Waals surface area (Å²) in [5.41, 5.74) is 3.38. The third-order valence-electron chi connectivity index (χ3n) is 6.90. The predicted molar refractivity (Wildman–Crippen MR) is 181 cm³/mol. The van der Waals surface area contributed by atoms with Gasteiger partial charge in [-0.2, -0.15) is 6.29 Å². The molecule has 0 aliphatic rings. The molecule has 0 amide bonds. The molecule has 4 aromatic rings. The van der Waals surface area contributed by atoms with Crippen molar-refractivity contribution in [3.05, 3.63) is 88.6 Å². The van der Waals surface area contributed by atoms with Crippen molar-refractivity contribution < 1.29 is 28.9 Å². The Bertz CT molecular complexity index is 1440. The van der Waals surface area contributed by atoms with Crippen LogP contribution >= 0.6 is 11.3 Å². The van der Waals surface area contributed by atoms with Crippen LogP contribution in [0.25, 0.3) is 42.4 Å². The second-order valence-electron chi connectivity index (χ2n) is 13.0. The summed E-state index contributed by atoms with van der Waals surface area (Å²) in [4.78, 5) is 7.65. The Labute approximate surface area is 281 Å². The van der Waals surface area contributed by atoms with Gasteiger partial charge in [-0.3, -0.25) is 0 Å². The maximum absolute atomic E-state index is 14.2. The van der Waals surface area contributed by atoms with Crippen molar-refractivity contribution in [1.29, 1.82) is 0 Å². The van der Waals surface area contributed by atoms with Gasteiger partial charge in [0, 0.05) is 39.5 Å². The zero-order valence-corrected chi connectivity index (χ0v) is 31.1. The molecule has 0 bridgehead atoms. The number of fused-ring (bicyclic) bond motifs is 1. The summed E-state index contributed by atoms with van der Waals surface area (Å²) in [6.07, 6.45) is 1.75. The van der Waals surface area contributed by atoms with Crippen LogP contribution < -0.4 is 0 Å². The zero-order valence-electron chi connectivity index (χ0n) is 27.9. The molecule has 0 saturated heterocycles. The summed E-state index contributed by atoms with van der Waals surface area (Å²) in [6, 6.07) is 18.6. The van der Waals surface area contributed by atoms with E-state index in [1.54, 1.807) is 6.20 Å². The van der Waals surface area contributed by atoms with Gasteiger partial charge in [-0.05, 0) is 68.5 Å². The first-order valence-electron chi connectivity index (χ1n) is 15.1. The number of pyridine rings is 1. The van der Waals surface area contributed by atoms with Crippen molar-refractivity contribution in [2.45, 2.75) is 112 Å². The Morgan fingerprint density at radius 2 is 1.45 bits per heavy atom. The predicted octanol–water partition coefficient (Wildman–Crippen LogP) is 11.0. The molecule has 0 unspecified atom stereocenters. The molecule has 0 aliphatic heterocycles. The van der Waals surface area contributed by atoms with Gasteiger partial charge in [0.25, 0.3) is 0 Å². The molecule has 240 valence electrons. The molecule has 8 heteroatoms. The number of thiophene rings is 1. The van der Waals surface area contributed by atoms with E-state index in [4.69, 9.17) is 10.6 Å². The molecule has 44 heavy (non-hydrogen) atoms. The van der Waals surface area contributed by atoms with E-state index in [0.29, 0.717) is 29.7 Å². The molecule has 0 atom stereocenters. The number of hydrogen-bond acceptors (Lipinski definition) is 3. The van der Waals surface area contributed by atoms with Gasteiger partial charge in [0.05, 0.1) is 0 Å². The van der Waals surface area contributed by atoms with E-state index in [1.807, 2.05) is 24.3 Å². The van der Waals surface area contributed by atoms with Crippen LogP contribution in [-0.4, -0.2) is 40.3 Å². The molecule has 0 spiro atoms. The van der Waals surface area contributed by atoms with E-state index in [0.717, 1.165) is 32.3 Å². The zero-order chi connectivity index (χ0) is 32.1. The summed E-state index contributed by atoms with van der Waals surface area (Å²) in [7, 11) is 0. The van der Waals surface area contributed by atoms with Gasteiger partial charge in [0.2, 0.25) is 0 Å². The van der Waals surface area contributed by atoms with E-state index >= 15 is 0 Å². The van der Waals surface area contributed by atoms with Gasteiger partial charge in [0.15, 0.2) is 0 Å². The fourth-order valence-electron chi connectivity index (χ4n) is 4.89. The van der Waals surface area contributed by atoms with Crippen molar-refractivity contribution in [3.63, 3.8) is 0 Å². The molecule has 0 radical (unpaired) electrons. The maximum Gasteiger partial charge on any atom is 3.00 e. The van der Waals surface area contributed by atoms with Crippen LogP contribution in [0.3, 0.4) is 0 Å². The van der Waals surface area contributed by atoms with Crippen LogP contribution in [0.2, 0.25) is 0 Å². The molecular weight excluding hydrogens is 751 g/mol. The molecular formula is C36H47F2IrN4S. The molecule has 4 rings (SSSR count). The Balaban J connectivity index is 0.000000345. The minimum Gasteiger partial charge on any atom is -0.663 e. The van der Waals surface area contributed by atoms with Crippen LogP contribution in [0.15, 0.2) is 54.7 Å². The fraction of sp³-hybridized carbons (Fsp3) is 0.472. The summed E-state index contributed by atoms with van der Waals surface area (Å²) in [5.74, 6) is -1.13. The number of benzene rings is 2. The van der Waals surface area contributed by atoms with Crippen LogP contribution in [0.5, 0.6) is 0 Å². The van der Waals surface area contributed by atoms with Crippen LogP contribution in [0.1, 0.15) is 81.7 Å². The molecule has 0 fully saturated rings. The Kier molecular flexibility index (Phi) is 14.3. The van der Waals surface area contributed by atoms with E-state index < -0.39 is 11.6 Å².